The number of anilines is 1. The van der Waals surface area contributed by atoms with Crippen molar-refractivity contribution in [1.29, 1.82) is 0 Å². The topological polar surface area (TPSA) is 104 Å². The number of amides is 3. The summed E-state index contributed by atoms with van der Waals surface area (Å²) in [5.41, 5.74) is 1.55. The number of likely N-dealkylation sites (N-methyl/N-ethyl adjacent to an activating group) is 1. The molecule has 8 nitrogen and oxygen atoms in total. The van der Waals surface area contributed by atoms with E-state index < -0.39 is 5.97 Å². The van der Waals surface area contributed by atoms with E-state index in [2.05, 4.69) is 10.6 Å². The Morgan fingerprint density at radius 1 is 1.15 bits per heavy atom. The Morgan fingerprint density at radius 3 is 2.56 bits per heavy atom. The highest BCUT2D eigenvalue weighted by molar-refractivity contribution is 5.93. The molecule has 0 bridgehead atoms. The molecule has 0 fully saturated rings. The fourth-order valence-corrected chi connectivity index (χ4v) is 2.85. The molecule has 0 radical (unpaired) electrons. The number of nitrogens with one attached hydrogen (secondary N) is 2. The quantitative estimate of drug-likeness (QED) is 0.587. The van der Waals surface area contributed by atoms with Crippen LogP contribution in [0.3, 0.4) is 0 Å². The Bertz CT molecular complexity index is 811. The van der Waals surface area contributed by atoms with E-state index in [1.807, 2.05) is 42.8 Å². The number of hydrogen-bond donors (Lipinski definition) is 3. The van der Waals surface area contributed by atoms with E-state index in [0.717, 1.165) is 10.9 Å². The normalized spacial score (nSPS) is 10.6. The van der Waals surface area contributed by atoms with Gasteiger partial charge >= 0.3 is 12.0 Å². The van der Waals surface area contributed by atoms with Crippen LogP contribution in [-0.4, -0.2) is 52.1 Å². The summed E-state index contributed by atoms with van der Waals surface area (Å²) in [5.74, 6) is -0.813. The zero-order valence-electron chi connectivity index (χ0n) is 15.7. The van der Waals surface area contributed by atoms with E-state index in [9.17, 15) is 14.4 Å². The first kappa shape index (κ1) is 20.3. The van der Waals surface area contributed by atoms with Crippen LogP contribution in [0.4, 0.5) is 10.5 Å². The van der Waals surface area contributed by atoms with Gasteiger partial charge in [-0.15, -0.1) is 0 Å². The van der Waals surface area contributed by atoms with Gasteiger partial charge in [0.25, 0.3) is 0 Å². The van der Waals surface area contributed by atoms with Crippen LogP contribution in [0.2, 0.25) is 0 Å². The van der Waals surface area contributed by atoms with Gasteiger partial charge in [0.1, 0.15) is 6.54 Å². The summed E-state index contributed by atoms with van der Waals surface area (Å²) >= 11 is 0. The van der Waals surface area contributed by atoms with Gasteiger partial charge in [-0.1, -0.05) is 0 Å². The van der Waals surface area contributed by atoms with E-state index in [0.29, 0.717) is 31.7 Å². The molecule has 8 heteroatoms. The summed E-state index contributed by atoms with van der Waals surface area (Å²) in [6.07, 6.45) is 2.26. The number of fused-ring (bicyclic) bond motifs is 1. The fraction of sp³-hybridized carbons (Fsp3) is 0.421. The molecular weight excluding hydrogens is 348 g/mol. The van der Waals surface area contributed by atoms with Gasteiger partial charge in [0.2, 0.25) is 5.91 Å². The molecule has 1 aromatic heterocycles. The zero-order chi connectivity index (χ0) is 19.8. The Balaban J connectivity index is 1.97. The second kappa shape index (κ2) is 9.61. The molecule has 0 unspecified atom stereocenters. The zero-order valence-corrected chi connectivity index (χ0v) is 15.7. The average molecular weight is 374 g/mol. The van der Waals surface area contributed by atoms with Crippen LogP contribution in [-0.2, 0) is 16.1 Å². The monoisotopic (exact) mass is 374 g/mol. The highest BCUT2D eigenvalue weighted by atomic mass is 16.4. The number of hydrogen-bond acceptors (Lipinski definition) is 3. The minimum atomic E-state index is -0.883. The molecule has 1 aromatic carbocycles. The molecule has 3 amide bonds. The average Bonchev–Trinajstić information content (AvgIpc) is 3.01. The Labute approximate surface area is 158 Å². The largest absolute Gasteiger partial charge is 0.481 e. The van der Waals surface area contributed by atoms with Gasteiger partial charge in [-0.3, -0.25) is 9.59 Å². The minimum absolute atomic E-state index is 0.0198. The van der Waals surface area contributed by atoms with Crippen LogP contribution in [0.25, 0.3) is 10.9 Å². The number of aromatic nitrogens is 1. The summed E-state index contributed by atoms with van der Waals surface area (Å²) in [5, 5.41) is 14.8. The van der Waals surface area contributed by atoms with Crippen LogP contribution in [0, 0.1) is 0 Å². The second-order valence-corrected chi connectivity index (χ2v) is 6.16. The van der Waals surface area contributed by atoms with E-state index in [1.165, 1.54) is 0 Å². The van der Waals surface area contributed by atoms with E-state index >= 15 is 0 Å². The molecule has 0 spiro atoms. The van der Waals surface area contributed by atoms with Crippen molar-refractivity contribution < 1.29 is 19.5 Å². The van der Waals surface area contributed by atoms with Crippen LogP contribution in [0.1, 0.15) is 26.7 Å². The molecule has 27 heavy (non-hydrogen) atoms. The predicted octanol–water partition coefficient (Wildman–Crippen LogP) is 2.50. The Morgan fingerprint density at radius 2 is 1.89 bits per heavy atom. The molecule has 3 N–H and O–H groups in total. The molecule has 146 valence electrons. The van der Waals surface area contributed by atoms with Gasteiger partial charge in [0.15, 0.2) is 0 Å². The molecule has 0 aliphatic rings. The minimum Gasteiger partial charge on any atom is -0.481 e. The summed E-state index contributed by atoms with van der Waals surface area (Å²) < 4.78 is 1.89. The lowest BCUT2D eigenvalue weighted by atomic mass is 10.2. The first-order valence-electron chi connectivity index (χ1n) is 9.07. The van der Waals surface area contributed by atoms with Gasteiger partial charge in [-0.05, 0) is 44.5 Å². The van der Waals surface area contributed by atoms with E-state index in [4.69, 9.17) is 5.11 Å². The molecule has 1 heterocycles. The molecule has 0 atom stereocenters. The van der Waals surface area contributed by atoms with Crippen LogP contribution < -0.4 is 10.6 Å². The van der Waals surface area contributed by atoms with Gasteiger partial charge < -0.3 is 25.2 Å². The van der Waals surface area contributed by atoms with Gasteiger partial charge in [-0.2, -0.15) is 0 Å². The van der Waals surface area contributed by atoms with Crippen molar-refractivity contribution >= 4 is 34.5 Å². The fourth-order valence-electron chi connectivity index (χ4n) is 2.85. The second-order valence-electron chi connectivity index (χ2n) is 6.16. The van der Waals surface area contributed by atoms with Crippen molar-refractivity contribution in [3.63, 3.8) is 0 Å². The smallest absolute Gasteiger partial charge is 0.319 e. The maximum absolute atomic E-state index is 12.3. The van der Waals surface area contributed by atoms with Crippen molar-refractivity contribution in [2.24, 2.45) is 0 Å². The highest BCUT2D eigenvalue weighted by Gasteiger charge is 2.12. The van der Waals surface area contributed by atoms with Gasteiger partial charge in [0.05, 0.1) is 0 Å². The third-order valence-corrected chi connectivity index (χ3v) is 4.30. The number of urea groups is 1. The van der Waals surface area contributed by atoms with Crippen molar-refractivity contribution in [3.8, 4) is 0 Å². The summed E-state index contributed by atoms with van der Waals surface area (Å²) in [4.78, 5) is 36.4. The van der Waals surface area contributed by atoms with E-state index in [1.54, 1.807) is 11.0 Å². The van der Waals surface area contributed by atoms with Crippen molar-refractivity contribution in [1.82, 2.24) is 14.8 Å². The van der Waals surface area contributed by atoms with Crippen LogP contribution in [0.5, 0.6) is 0 Å². The SMILES string of the molecule is CCN(CC)C(=O)Cn1ccc2cc(NC(=O)NCCCC(=O)O)ccc21. The van der Waals surface area contributed by atoms with Gasteiger partial charge in [0, 0.05) is 48.8 Å². The number of nitrogens with zero attached hydrogens (tertiary/aromatic N) is 2. The van der Waals surface area contributed by atoms with Crippen molar-refractivity contribution in [2.75, 3.05) is 25.0 Å². The Hall–Kier alpha value is -3.03. The summed E-state index contributed by atoms with van der Waals surface area (Å²) in [7, 11) is 0. The third-order valence-electron chi connectivity index (χ3n) is 4.30. The number of benzene rings is 1. The predicted molar refractivity (Wildman–Crippen MR) is 104 cm³/mol. The summed E-state index contributed by atoms with van der Waals surface area (Å²) in [6.45, 7) is 5.86. The first-order chi connectivity index (χ1) is 12.9. The number of carbonyl (C=O) groups excluding carboxylic acids is 2. The number of aliphatic carboxylic acids is 1. The maximum Gasteiger partial charge on any atom is 0.319 e. The lowest BCUT2D eigenvalue weighted by molar-refractivity contribution is -0.137. The van der Waals surface area contributed by atoms with Gasteiger partial charge in [-0.25, -0.2) is 4.79 Å². The molecule has 2 aromatic rings. The van der Waals surface area contributed by atoms with Crippen molar-refractivity contribution in [2.45, 2.75) is 33.2 Å². The molecule has 2 rings (SSSR count). The molecule has 0 aliphatic carbocycles. The number of carbonyl (C=O) groups is 3. The van der Waals surface area contributed by atoms with Crippen LogP contribution in [0.15, 0.2) is 30.5 Å². The molecule has 0 saturated heterocycles. The molecule has 0 saturated carbocycles. The standard InChI is InChI=1S/C19H26N4O4/c1-3-22(4-2)17(24)13-23-11-9-14-12-15(7-8-16(14)23)21-19(27)20-10-5-6-18(25)26/h7-9,11-12H,3-6,10,13H2,1-2H3,(H,25,26)(H2,20,21,27). The number of carboxylic acid groups (broad SMARTS) is 1. The molecular formula is C19H26N4O4. The lowest BCUT2D eigenvalue weighted by Crippen LogP contribution is -2.33. The number of rotatable bonds is 9. The maximum atomic E-state index is 12.3. The molecule has 0 aliphatic heterocycles. The number of carboxylic acids is 1. The lowest BCUT2D eigenvalue weighted by Gasteiger charge is -2.19. The third kappa shape index (κ3) is 5.73. The van der Waals surface area contributed by atoms with E-state index in [-0.39, 0.29) is 24.9 Å². The highest BCUT2D eigenvalue weighted by Crippen LogP contribution is 2.20. The van der Waals surface area contributed by atoms with Crippen molar-refractivity contribution in [3.05, 3.63) is 30.5 Å². The first-order valence-corrected chi connectivity index (χ1v) is 9.07. The Kier molecular flexibility index (Phi) is 7.22. The van der Waals surface area contributed by atoms with Crippen LogP contribution >= 0.6 is 0 Å². The summed E-state index contributed by atoms with van der Waals surface area (Å²) in [6, 6.07) is 7.00.